The van der Waals surface area contributed by atoms with Crippen LogP contribution in [0.1, 0.15) is 47.6 Å². The second-order valence-corrected chi connectivity index (χ2v) is 5.54. The van der Waals surface area contributed by atoms with E-state index in [0.29, 0.717) is 0 Å². The number of benzene rings is 2. The summed E-state index contributed by atoms with van der Waals surface area (Å²) in [6.45, 7) is 10.9. The summed E-state index contributed by atoms with van der Waals surface area (Å²) in [6, 6.07) is 15.0. The van der Waals surface area contributed by atoms with Crippen LogP contribution >= 0.6 is 0 Å². The molecule has 0 atom stereocenters. The van der Waals surface area contributed by atoms with Gasteiger partial charge in [0.1, 0.15) is 0 Å². The third-order valence-corrected chi connectivity index (χ3v) is 3.99. The second-order valence-electron chi connectivity index (χ2n) is 5.54. The van der Waals surface area contributed by atoms with Gasteiger partial charge in [-0.2, -0.15) is 0 Å². The predicted molar refractivity (Wildman–Crippen MR) is 90.4 cm³/mol. The average molecular weight is 268 g/mol. The van der Waals surface area contributed by atoms with Crippen molar-refractivity contribution in [3.8, 4) is 0 Å². The van der Waals surface area contributed by atoms with E-state index >= 15 is 0 Å². The van der Waals surface area contributed by atoms with Crippen molar-refractivity contribution in [2.75, 3.05) is 0 Å². The summed E-state index contributed by atoms with van der Waals surface area (Å²) >= 11 is 0. The van der Waals surface area contributed by atoms with E-state index in [1.54, 1.807) is 0 Å². The van der Waals surface area contributed by atoms with E-state index in [9.17, 15) is 0 Å². The van der Waals surface area contributed by atoms with Crippen molar-refractivity contribution >= 4 is 0 Å². The molecule has 0 aliphatic carbocycles. The summed E-state index contributed by atoms with van der Waals surface area (Å²) in [7, 11) is 0. The van der Waals surface area contributed by atoms with Crippen molar-refractivity contribution in [1.29, 1.82) is 0 Å². The zero-order valence-electron chi connectivity index (χ0n) is 13.7. The van der Waals surface area contributed by atoms with Crippen molar-refractivity contribution in [2.45, 2.75) is 53.9 Å². The highest BCUT2D eigenvalue weighted by Gasteiger charge is 1.97. The van der Waals surface area contributed by atoms with E-state index in [4.69, 9.17) is 0 Å². The maximum atomic E-state index is 2.23. The zero-order valence-corrected chi connectivity index (χ0v) is 13.7. The van der Waals surface area contributed by atoms with Crippen LogP contribution in [0.15, 0.2) is 42.5 Å². The van der Waals surface area contributed by atoms with E-state index in [-0.39, 0.29) is 0 Å². The van der Waals surface area contributed by atoms with Crippen LogP contribution < -0.4 is 0 Å². The highest BCUT2D eigenvalue weighted by Crippen LogP contribution is 2.15. The number of rotatable bonds is 3. The largest absolute Gasteiger partial charge is 0.0654 e. The lowest BCUT2D eigenvalue weighted by atomic mass is 10.0. The van der Waals surface area contributed by atoms with Crippen LogP contribution in [0, 0.1) is 27.7 Å². The minimum absolute atomic E-state index is 1.23. The molecule has 2 aromatic rings. The Balaban J connectivity index is 0.000000200. The summed E-state index contributed by atoms with van der Waals surface area (Å²) < 4.78 is 0. The monoisotopic (exact) mass is 268 g/mol. The van der Waals surface area contributed by atoms with Crippen molar-refractivity contribution in [1.82, 2.24) is 0 Å². The number of unbranched alkanes of at least 4 members (excludes halogenated alkanes) is 1. The molecule has 108 valence electrons. The summed E-state index contributed by atoms with van der Waals surface area (Å²) in [4.78, 5) is 0. The molecule has 0 saturated heterocycles. The molecule has 20 heavy (non-hydrogen) atoms. The molecule has 0 nitrogen and oxygen atoms in total. The molecular formula is C20H28. The standard InChI is InChI=1S/2C10H14/c1-7-5-6-8(2)10(4)9(7)3;1-2-3-7-10-8-5-4-6-9-10/h5-6H,1-4H3;4-6,8-9H,2-3,7H2,1H3. The van der Waals surface area contributed by atoms with Crippen LogP contribution in [-0.2, 0) is 6.42 Å². The Morgan fingerprint density at radius 1 is 0.700 bits per heavy atom. The van der Waals surface area contributed by atoms with Crippen LogP contribution in [0.4, 0.5) is 0 Å². The molecule has 0 aromatic heterocycles. The third kappa shape index (κ3) is 5.21. The number of aryl methyl sites for hydroxylation is 3. The van der Waals surface area contributed by atoms with E-state index in [0.717, 1.165) is 0 Å². The Bertz CT molecular complexity index is 482. The minimum atomic E-state index is 1.23. The SMILES string of the molecule is CCCCc1ccccc1.Cc1ccc(C)c(C)c1C. The smallest absolute Gasteiger partial charge is 0.0279 e. The molecule has 0 aliphatic heterocycles. The molecule has 0 heterocycles. The molecule has 0 N–H and O–H groups in total. The quantitative estimate of drug-likeness (QED) is 0.645. The van der Waals surface area contributed by atoms with Gasteiger partial charge in [0.25, 0.3) is 0 Å². The van der Waals surface area contributed by atoms with Crippen molar-refractivity contribution in [2.24, 2.45) is 0 Å². The topological polar surface area (TPSA) is 0 Å². The first kappa shape index (κ1) is 16.5. The molecular weight excluding hydrogens is 240 g/mol. The highest BCUT2D eigenvalue weighted by atomic mass is 14.0. The van der Waals surface area contributed by atoms with Crippen LogP contribution in [0.2, 0.25) is 0 Å². The maximum Gasteiger partial charge on any atom is -0.0279 e. The predicted octanol–water partition coefficient (Wildman–Crippen LogP) is 5.95. The summed E-state index contributed by atoms with van der Waals surface area (Å²) in [5.74, 6) is 0. The number of hydrogen-bond donors (Lipinski definition) is 0. The van der Waals surface area contributed by atoms with Gasteiger partial charge in [0, 0.05) is 0 Å². The minimum Gasteiger partial charge on any atom is -0.0654 e. The summed E-state index contributed by atoms with van der Waals surface area (Å²) in [5.41, 5.74) is 7.11. The van der Waals surface area contributed by atoms with Gasteiger partial charge in [0.15, 0.2) is 0 Å². The molecule has 0 unspecified atom stereocenters. The van der Waals surface area contributed by atoms with Gasteiger partial charge < -0.3 is 0 Å². The zero-order chi connectivity index (χ0) is 15.0. The van der Waals surface area contributed by atoms with E-state index < -0.39 is 0 Å². The molecule has 0 saturated carbocycles. The Morgan fingerprint density at radius 3 is 1.65 bits per heavy atom. The first-order valence-corrected chi connectivity index (χ1v) is 7.63. The molecule has 0 amide bonds. The van der Waals surface area contributed by atoms with Gasteiger partial charge in [-0.15, -0.1) is 0 Å². The summed E-state index contributed by atoms with van der Waals surface area (Å²) in [6.07, 6.45) is 3.83. The van der Waals surface area contributed by atoms with Gasteiger partial charge in [-0.25, -0.2) is 0 Å². The van der Waals surface area contributed by atoms with E-state index in [1.165, 1.54) is 47.1 Å². The number of hydrogen-bond acceptors (Lipinski definition) is 0. The molecule has 0 radical (unpaired) electrons. The van der Waals surface area contributed by atoms with E-state index in [1.807, 2.05) is 0 Å². The van der Waals surface area contributed by atoms with Crippen molar-refractivity contribution < 1.29 is 0 Å². The summed E-state index contributed by atoms with van der Waals surface area (Å²) in [5, 5.41) is 0. The van der Waals surface area contributed by atoms with Crippen molar-refractivity contribution in [3.05, 3.63) is 70.3 Å². The van der Waals surface area contributed by atoms with Crippen LogP contribution in [0.25, 0.3) is 0 Å². The highest BCUT2D eigenvalue weighted by molar-refractivity contribution is 5.37. The first-order valence-electron chi connectivity index (χ1n) is 7.63. The molecule has 0 heteroatoms. The molecule has 0 bridgehead atoms. The first-order chi connectivity index (χ1) is 9.56. The Labute approximate surface area is 124 Å². The second kappa shape index (κ2) is 8.58. The van der Waals surface area contributed by atoms with Gasteiger partial charge in [0.05, 0.1) is 0 Å². The lowest BCUT2D eigenvalue weighted by Gasteiger charge is -2.06. The van der Waals surface area contributed by atoms with Crippen molar-refractivity contribution in [3.63, 3.8) is 0 Å². The van der Waals surface area contributed by atoms with Gasteiger partial charge >= 0.3 is 0 Å². The molecule has 2 rings (SSSR count). The Hall–Kier alpha value is -1.56. The van der Waals surface area contributed by atoms with Gasteiger partial charge in [-0.3, -0.25) is 0 Å². The fraction of sp³-hybridized carbons (Fsp3) is 0.400. The molecule has 0 spiro atoms. The van der Waals surface area contributed by atoms with E-state index in [2.05, 4.69) is 77.1 Å². The van der Waals surface area contributed by atoms with Crippen LogP contribution in [0.3, 0.4) is 0 Å². The lowest BCUT2D eigenvalue weighted by molar-refractivity contribution is 0.795. The maximum absolute atomic E-state index is 2.23. The van der Waals surface area contributed by atoms with Gasteiger partial charge in [0.2, 0.25) is 0 Å². The fourth-order valence-corrected chi connectivity index (χ4v) is 2.12. The van der Waals surface area contributed by atoms with Crippen LogP contribution in [0.5, 0.6) is 0 Å². The normalized spacial score (nSPS) is 9.85. The third-order valence-electron chi connectivity index (χ3n) is 3.99. The Morgan fingerprint density at radius 2 is 1.20 bits per heavy atom. The van der Waals surface area contributed by atoms with Gasteiger partial charge in [-0.1, -0.05) is 55.8 Å². The fourth-order valence-electron chi connectivity index (χ4n) is 2.12. The molecule has 0 fully saturated rings. The molecule has 2 aromatic carbocycles. The average Bonchev–Trinajstić information content (AvgIpc) is 2.49. The van der Waals surface area contributed by atoms with Crippen LogP contribution in [-0.4, -0.2) is 0 Å². The Kier molecular flexibility index (Phi) is 7.08. The van der Waals surface area contributed by atoms with Gasteiger partial charge in [-0.05, 0) is 68.4 Å². The molecule has 0 aliphatic rings. The lowest BCUT2D eigenvalue weighted by Crippen LogP contribution is -1.88.